The highest BCUT2D eigenvalue weighted by molar-refractivity contribution is 5.98. The van der Waals surface area contributed by atoms with Crippen LogP contribution in [0.25, 0.3) is 10.9 Å². The fraction of sp³-hybridized carbons (Fsp3) is 0.214. The maximum absolute atomic E-state index is 13.4. The number of halogens is 1. The SMILES string of the molecule is CCOC(=O)CNC(=O)c1cnc2c(F)cccc2c1. The van der Waals surface area contributed by atoms with Gasteiger partial charge >= 0.3 is 5.97 Å². The van der Waals surface area contributed by atoms with E-state index in [9.17, 15) is 14.0 Å². The largest absolute Gasteiger partial charge is 0.465 e. The van der Waals surface area contributed by atoms with Crippen molar-refractivity contribution in [2.75, 3.05) is 13.2 Å². The predicted molar refractivity (Wildman–Crippen MR) is 70.7 cm³/mol. The van der Waals surface area contributed by atoms with Gasteiger partial charge in [-0.1, -0.05) is 12.1 Å². The number of nitrogens with one attached hydrogen (secondary N) is 1. The number of fused-ring (bicyclic) bond motifs is 1. The third-order valence-corrected chi connectivity index (χ3v) is 2.62. The van der Waals surface area contributed by atoms with Crippen LogP contribution in [-0.4, -0.2) is 30.0 Å². The van der Waals surface area contributed by atoms with Crippen molar-refractivity contribution in [3.05, 3.63) is 41.8 Å². The summed E-state index contributed by atoms with van der Waals surface area (Å²) in [5.41, 5.74) is 0.460. The summed E-state index contributed by atoms with van der Waals surface area (Å²) in [4.78, 5) is 26.9. The molecule has 104 valence electrons. The first-order chi connectivity index (χ1) is 9.61. The van der Waals surface area contributed by atoms with E-state index in [1.54, 1.807) is 19.1 Å². The molecule has 0 fully saturated rings. The Morgan fingerprint density at radius 3 is 2.95 bits per heavy atom. The van der Waals surface area contributed by atoms with Crippen LogP contribution in [0.3, 0.4) is 0 Å². The van der Waals surface area contributed by atoms with Gasteiger partial charge in [-0.05, 0) is 19.1 Å². The molecule has 1 N–H and O–H groups in total. The molecule has 2 rings (SSSR count). The molecule has 0 aliphatic carbocycles. The van der Waals surface area contributed by atoms with Crippen molar-refractivity contribution in [2.45, 2.75) is 6.92 Å². The van der Waals surface area contributed by atoms with Crippen LogP contribution in [-0.2, 0) is 9.53 Å². The van der Waals surface area contributed by atoms with Crippen molar-refractivity contribution in [3.63, 3.8) is 0 Å². The van der Waals surface area contributed by atoms with E-state index in [1.165, 1.54) is 18.3 Å². The van der Waals surface area contributed by atoms with Gasteiger partial charge < -0.3 is 10.1 Å². The maximum Gasteiger partial charge on any atom is 0.325 e. The molecule has 1 heterocycles. The second-order valence-electron chi connectivity index (χ2n) is 4.02. The Morgan fingerprint density at radius 1 is 1.40 bits per heavy atom. The second kappa shape index (κ2) is 6.10. The molecule has 20 heavy (non-hydrogen) atoms. The number of nitrogens with zero attached hydrogens (tertiary/aromatic N) is 1. The van der Waals surface area contributed by atoms with Gasteiger partial charge in [0, 0.05) is 11.6 Å². The Hall–Kier alpha value is -2.50. The number of hydrogen-bond donors (Lipinski definition) is 1. The molecule has 1 aromatic carbocycles. The van der Waals surface area contributed by atoms with Crippen LogP contribution < -0.4 is 5.32 Å². The van der Waals surface area contributed by atoms with Gasteiger partial charge in [0.1, 0.15) is 17.9 Å². The molecule has 0 unspecified atom stereocenters. The highest BCUT2D eigenvalue weighted by Crippen LogP contribution is 2.16. The first kappa shape index (κ1) is 13.9. The summed E-state index contributed by atoms with van der Waals surface area (Å²) in [5.74, 6) is -1.42. The summed E-state index contributed by atoms with van der Waals surface area (Å²) in [7, 11) is 0. The van der Waals surface area contributed by atoms with E-state index in [2.05, 4.69) is 10.3 Å². The van der Waals surface area contributed by atoms with Gasteiger partial charge in [0.15, 0.2) is 0 Å². The number of benzene rings is 1. The summed E-state index contributed by atoms with van der Waals surface area (Å²) in [6.45, 7) is 1.72. The lowest BCUT2D eigenvalue weighted by Crippen LogP contribution is -2.30. The Balaban J connectivity index is 2.13. The van der Waals surface area contributed by atoms with Gasteiger partial charge in [-0.15, -0.1) is 0 Å². The van der Waals surface area contributed by atoms with Crippen LogP contribution in [0.15, 0.2) is 30.5 Å². The van der Waals surface area contributed by atoms with E-state index in [4.69, 9.17) is 4.74 Å². The summed E-state index contributed by atoms with van der Waals surface area (Å²) >= 11 is 0. The van der Waals surface area contributed by atoms with Crippen LogP contribution in [0.2, 0.25) is 0 Å². The fourth-order valence-corrected chi connectivity index (χ4v) is 1.71. The molecular formula is C14H13FN2O3. The van der Waals surface area contributed by atoms with Crippen LogP contribution in [0.1, 0.15) is 17.3 Å². The molecule has 0 aliphatic rings. The lowest BCUT2D eigenvalue weighted by atomic mass is 10.1. The van der Waals surface area contributed by atoms with Gasteiger partial charge in [0.2, 0.25) is 0 Å². The monoisotopic (exact) mass is 276 g/mol. The Labute approximate surface area is 114 Å². The highest BCUT2D eigenvalue weighted by Gasteiger charge is 2.10. The van der Waals surface area contributed by atoms with Crippen molar-refractivity contribution >= 4 is 22.8 Å². The third-order valence-electron chi connectivity index (χ3n) is 2.62. The van der Waals surface area contributed by atoms with Gasteiger partial charge in [-0.3, -0.25) is 14.6 Å². The summed E-state index contributed by atoms with van der Waals surface area (Å²) in [6.07, 6.45) is 1.27. The topological polar surface area (TPSA) is 68.3 Å². The normalized spacial score (nSPS) is 10.3. The number of amides is 1. The number of rotatable bonds is 4. The lowest BCUT2D eigenvalue weighted by Gasteiger charge is -2.06. The van der Waals surface area contributed by atoms with E-state index < -0.39 is 17.7 Å². The predicted octanol–water partition coefficient (Wildman–Crippen LogP) is 1.67. The third kappa shape index (κ3) is 3.09. The van der Waals surface area contributed by atoms with Crippen LogP contribution >= 0.6 is 0 Å². The molecular weight excluding hydrogens is 263 g/mol. The number of para-hydroxylation sites is 1. The average Bonchev–Trinajstić information content (AvgIpc) is 2.45. The molecule has 0 saturated heterocycles. The van der Waals surface area contributed by atoms with Crippen LogP contribution in [0, 0.1) is 5.82 Å². The first-order valence-corrected chi connectivity index (χ1v) is 6.10. The average molecular weight is 276 g/mol. The molecule has 0 atom stereocenters. The minimum Gasteiger partial charge on any atom is -0.465 e. The molecule has 1 aromatic heterocycles. The number of hydrogen-bond acceptors (Lipinski definition) is 4. The van der Waals surface area contributed by atoms with Crippen molar-refractivity contribution in [2.24, 2.45) is 0 Å². The number of aromatic nitrogens is 1. The van der Waals surface area contributed by atoms with Gasteiger partial charge in [0.05, 0.1) is 12.2 Å². The van der Waals surface area contributed by atoms with E-state index in [0.29, 0.717) is 5.39 Å². The molecule has 1 amide bonds. The zero-order chi connectivity index (χ0) is 14.5. The second-order valence-corrected chi connectivity index (χ2v) is 4.02. The Morgan fingerprint density at radius 2 is 2.20 bits per heavy atom. The highest BCUT2D eigenvalue weighted by atomic mass is 19.1. The molecule has 2 aromatic rings. The fourth-order valence-electron chi connectivity index (χ4n) is 1.71. The number of esters is 1. The number of ether oxygens (including phenoxy) is 1. The van der Waals surface area contributed by atoms with E-state index in [1.807, 2.05) is 0 Å². The van der Waals surface area contributed by atoms with Crippen LogP contribution in [0.5, 0.6) is 0 Å². The summed E-state index contributed by atoms with van der Waals surface area (Å²) in [5, 5.41) is 2.94. The number of carbonyl (C=O) groups excluding carboxylic acids is 2. The van der Waals surface area contributed by atoms with Gasteiger partial charge in [-0.25, -0.2) is 4.39 Å². The zero-order valence-electron chi connectivity index (χ0n) is 10.9. The molecule has 0 aliphatic heterocycles. The van der Waals surface area contributed by atoms with Crippen LogP contribution in [0.4, 0.5) is 4.39 Å². The van der Waals surface area contributed by atoms with E-state index in [-0.39, 0.29) is 24.2 Å². The van der Waals surface area contributed by atoms with Gasteiger partial charge in [0.25, 0.3) is 5.91 Å². The van der Waals surface area contributed by atoms with Crippen molar-refractivity contribution in [1.29, 1.82) is 0 Å². The quantitative estimate of drug-likeness (QED) is 0.862. The van der Waals surface area contributed by atoms with E-state index >= 15 is 0 Å². The minimum atomic E-state index is -0.513. The smallest absolute Gasteiger partial charge is 0.325 e. The molecule has 5 nitrogen and oxygen atoms in total. The molecule has 0 spiro atoms. The molecule has 0 saturated carbocycles. The standard InChI is InChI=1S/C14H13FN2O3/c1-2-20-12(18)8-17-14(19)10-6-9-4-3-5-11(15)13(9)16-7-10/h3-7H,2,8H2,1H3,(H,17,19). The maximum atomic E-state index is 13.4. The number of pyridine rings is 1. The lowest BCUT2D eigenvalue weighted by molar-refractivity contribution is -0.141. The van der Waals surface area contributed by atoms with Gasteiger partial charge in [-0.2, -0.15) is 0 Å². The minimum absolute atomic E-state index is 0.203. The Bertz CT molecular complexity index is 658. The molecule has 0 radical (unpaired) electrons. The Kier molecular flexibility index (Phi) is 4.24. The first-order valence-electron chi connectivity index (χ1n) is 6.10. The van der Waals surface area contributed by atoms with Crippen molar-refractivity contribution in [1.82, 2.24) is 10.3 Å². The molecule has 6 heteroatoms. The number of carbonyl (C=O) groups is 2. The zero-order valence-corrected chi connectivity index (χ0v) is 10.9. The summed E-state index contributed by atoms with van der Waals surface area (Å²) < 4.78 is 18.1. The van der Waals surface area contributed by atoms with E-state index in [0.717, 1.165) is 0 Å². The van der Waals surface area contributed by atoms with Crippen molar-refractivity contribution in [3.8, 4) is 0 Å². The van der Waals surface area contributed by atoms with Crippen molar-refractivity contribution < 1.29 is 18.7 Å². The summed E-state index contributed by atoms with van der Waals surface area (Å²) in [6, 6.07) is 6.02. The molecule has 0 bridgehead atoms.